The average Bonchev–Trinajstić information content (AvgIpc) is 2.91. The number of benzene rings is 1. The standard InChI is InChI=1S/C15H19ClN2O5S/c1-15(14(20)21)7-8-18(10-15)13(19)9-17(2)24(22,23)12-5-3-11(16)4-6-12/h3-6H,7-10H2,1-2H3,(H,20,21). The maximum absolute atomic E-state index is 12.4. The second kappa shape index (κ2) is 6.70. The summed E-state index contributed by atoms with van der Waals surface area (Å²) in [5, 5.41) is 9.61. The molecule has 1 fully saturated rings. The third-order valence-electron chi connectivity index (χ3n) is 4.22. The van der Waals surface area contributed by atoms with Crippen LogP contribution in [0.15, 0.2) is 29.2 Å². The van der Waals surface area contributed by atoms with Gasteiger partial charge in [0.1, 0.15) is 0 Å². The first-order chi connectivity index (χ1) is 11.1. The normalized spacial score (nSPS) is 21.2. The number of carboxylic acids is 1. The molecule has 0 spiro atoms. The maximum Gasteiger partial charge on any atom is 0.311 e. The van der Waals surface area contributed by atoms with Crippen LogP contribution in [-0.4, -0.2) is 61.3 Å². The van der Waals surface area contributed by atoms with E-state index in [1.807, 2.05) is 0 Å². The smallest absolute Gasteiger partial charge is 0.311 e. The number of nitrogens with zero attached hydrogens (tertiary/aromatic N) is 2. The lowest BCUT2D eigenvalue weighted by molar-refractivity contribution is -0.147. The lowest BCUT2D eigenvalue weighted by Crippen LogP contribution is -2.41. The zero-order valence-electron chi connectivity index (χ0n) is 13.4. The second-order valence-corrected chi connectivity index (χ2v) is 8.63. The number of aliphatic carboxylic acids is 1. The summed E-state index contributed by atoms with van der Waals surface area (Å²) in [6.07, 6.45) is 0.349. The number of carbonyl (C=O) groups is 2. The third kappa shape index (κ3) is 3.71. The van der Waals surface area contributed by atoms with Crippen molar-refractivity contribution in [1.82, 2.24) is 9.21 Å². The van der Waals surface area contributed by atoms with Crippen LogP contribution in [0.5, 0.6) is 0 Å². The molecule has 132 valence electrons. The quantitative estimate of drug-likeness (QED) is 0.837. The predicted octanol–water partition coefficient (Wildman–Crippen LogP) is 1.28. The van der Waals surface area contributed by atoms with Gasteiger partial charge in [0.15, 0.2) is 0 Å². The van der Waals surface area contributed by atoms with E-state index in [1.54, 1.807) is 6.92 Å². The van der Waals surface area contributed by atoms with Crippen LogP contribution < -0.4 is 0 Å². The van der Waals surface area contributed by atoms with Crippen molar-refractivity contribution < 1.29 is 23.1 Å². The Balaban J connectivity index is 2.06. The second-order valence-electron chi connectivity index (χ2n) is 6.15. The number of carboxylic acid groups (broad SMARTS) is 1. The Morgan fingerprint density at radius 2 is 1.92 bits per heavy atom. The van der Waals surface area contributed by atoms with Gasteiger partial charge in [-0.25, -0.2) is 8.42 Å². The highest BCUT2D eigenvalue weighted by atomic mass is 35.5. The number of sulfonamides is 1. The SMILES string of the molecule is CN(CC(=O)N1CCC(C)(C(=O)O)C1)S(=O)(=O)c1ccc(Cl)cc1. The predicted molar refractivity (Wildman–Crippen MR) is 88.2 cm³/mol. The van der Waals surface area contributed by atoms with Crippen LogP contribution in [0.2, 0.25) is 5.02 Å². The first-order valence-corrected chi connectivity index (χ1v) is 9.11. The Morgan fingerprint density at radius 3 is 2.42 bits per heavy atom. The van der Waals surface area contributed by atoms with E-state index < -0.39 is 27.3 Å². The molecule has 1 aliphatic heterocycles. The van der Waals surface area contributed by atoms with E-state index in [-0.39, 0.29) is 18.0 Å². The molecule has 24 heavy (non-hydrogen) atoms. The van der Waals surface area contributed by atoms with Gasteiger partial charge >= 0.3 is 5.97 Å². The van der Waals surface area contributed by atoms with Crippen LogP contribution in [0.25, 0.3) is 0 Å². The van der Waals surface area contributed by atoms with Gasteiger partial charge in [-0.15, -0.1) is 0 Å². The molecule has 1 aromatic carbocycles. The van der Waals surface area contributed by atoms with Crippen LogP contribution in [-0.2, 0) is 19.6 Å². The van der Waals surface area contributed by atoms with E-state index in [0.29, 0.717) is 18.0 Å². The zero-order valence-corrected chi connectivity index (χ0v) is 15.0. The number of carbonyl (C=O) groups excluding carboxylic acids is 1. The van der Waals surface area contributed by atoms with Gasteiger partial charge in [-0.1, -0.05) is 11.6 Å². The lowest BCUT2D eigenvalue weighted by Gasteiger charge is -2.23. The molecule has 1 amide bonds. The molecule has 1 saturated heterocycles. The Hall–Kier alpha value is -1.64. The maximum atomic E-state index is 12.4. The van der Waals surface area contributed by atoms with Gasteiger partial charge in [-0.2, -0.15) is 4.31 Å². The summed E-state index contributed by atoms with van der Waals surface area (Å²) in [7, 11) is -2.50. The lowest BCUT2D eigenvalue weighted by atomic mass is 9.90. The van der Waals surface area contributed by atoms with Crippen molar-refractivity contribution in [2.24, 2.45) is 5.41 Å². The van der Waals surface area contributed by atoms with E-state index in [0.717, 1.165) is 4.31 Å². The minimum atomic E-state index is -3.81. The van der Waals surface area contributed by atoms with E-state index >= 15 is 0 Å². The van der Waals surface area contributed by atoms with Crippen LogP contribution in [0.1, 0.15) is 13.3 Å². The molecule has 1 unspecified atom stereocenters. The van der Waals surface area contributed by atoms with Gasteiger partial charge in [-0.05, 0) is 37.6 Å². The highest BCUT2D eigenvalue weighted by Gasteiger charge is 2.42. The highest BCUT2D eigenvalue weighted by Crippen LogP contribution is 2.30. The van der Waals surface area contributed by atoms with Crippen LogP contribution in [0.4, 0.5) is 0 Å². The van der Waals surface area contributed by atoms with Crippen molar-refractivity contribution in [3.63, 3.8) is 0 Å². The van der Waals surface area contributed by atoms with Crippen molar-refractivity contribution in [2.45, 2.75) is 18.2 Å². The summed E-state index contributed by atoms with van der Waals surface area (Å²) in [5.41, 5.74) is -0.983. The number of hydrogen-bond donors (Lipinski definition) is 1. The topological polar surface area (TPSA) is 95.0 Å². The fourth-order valence-corrected chi connectivity index (χ4v) is 3.76. The number of likely N-dealkylation sites (N-methyl/N-ethyl adjacent to an activating group) is 1. The zero-order chi connectivity index (χ0) is 18.1. The van der Waals surface area contributed by atoms with E-state index in [9.17, 15) is 23.1 Å². The molecule has 1 aliphatic rings. The average molecular weight is 375 g/mol. The van der Waals surface area contributed by atoms with Crippen LogP contribution in [0, 0.1) is 5.41 Å². The molecule has 0 aromatic heterocycles. The van der Waals surface area contributed by atoms with Gasteiger partial charge in [-0.3, -0.25) is 9.59 Å². The molecule has 0 aliphatic carbocycles. The molecule has 7 nitrogen and oxygen atoms in total. The summed E-state index contributed by atoms with van der Waals surface area (Å²) in [4.78, 5) is 25.0. The number of hydrogen-bond acceptors (Lipinski definition) is 4. The molecule has 1 atom stereocenters. The molecular weight excluding hydrogens is 356 g/mol. The Kier molecular flexibility index (Phi) is 5.22. The monoisotopic (exact) mass is 374 g/mol. The summed E-state index contributed by atoms with van der Waals surface area (Å²) in [6.45, 7) is 1.61. The Morgan fingerprint density at radius 1 is 1.33 bits per heavy atom. The fraction of sp³-hybridized carbons (Fsp3) is 0.467. The molecular formula is C15H19ClN2O5S. The molecule has 1 aromatic rings. The Bertz CT molecular complexity index is 750. The Labute approximate surface area is 145 Å². The molecule has 0 radical (unpaired) electrons. The van der Waals surface area contributed by atoms with Gasteiger partial charge in [0.2, 0.25) is 15.9 Å². The largest absolute Gasteiger partial charge is 0.481 e. The number of amides is 1. The summed E-state index contributed by atoms with van der Waals surface area (Å²) in [6, 6.07) is 5.66. The highest BCUT2D eigenvalue weighted by molar-refractivity contribution is 7.89. The molecule has 0 saturated carbocycles. The molecule has 1 heterocycles. The number of likely N-dealkylation sites (tertiary alicyclic amines) is 1. The number of halogens is 1. The minimum Gasteiger partial charge on any atom is -0.481 e. The minimum absolute atomic E-state index is 0.0407. The van der Waals surface area contributed by atoms with Crippen molar-refractivity contribution in [1.29, 1.82) is 0 Å². The van der Waals surface area contributed by atoms with Gasteiger partial charge in [0.05, 0.1) is 16.9 Å². The molecule has 1 N–H and O–H groups in total. The van der Waals surface area contributed by atoms with Gasteiger partial charge in [0.25, 0.3) is 0 Å². The van der Waals surface area contributed by atoms with Crippen LogP contribution >= 0.6 is 11.6 Å². The van der Waals surface area contributed by atoms with Crippen LogP contribution in [0.3, 0.4) is 0 Å². The van der Waals surface area contributed by atoms with Crippen molar-refractivity contribution in [3.05, 3.63) is 29.3 Å². The van der Waals surface area contributed by atoms with Crippen molar-refractivity contribution >= 4 is 33.5 Å². The molecule has 2 rings (SSSR count). The van der Waals surface area contributed by atoms with E-state index in [2.05, 4.69) is 0 Å². The summed E-state index contributed by atoms with van der Waals surface area (Å²) in [5.74, 6) is -1.38. The van der Waals surface area contributed by atoms with E-state index in [1.165, 1.54) is 36.2 Å². The first kappa shape index (κ1) is 18.7. The third-order valence-corrected chi connectivity index (χ3v) is 6.29. The number of rotatable bonds is 5. The van der Waals surface area contributed by atoms with E-state index in [4.69, 9.17) is 11.6 Å². The molecule has 0 bridgehead atoms. The molecule has 9 heteroatoms. The van der Waals surface area contributed by atoms with Gasteiger partial charge in [0, 0.05) is 25.2 Å². The fourth-order valence-electron chi connectivity index (χ4n) is 2.51. The first-order valence-electron chi connectivity index (χ1n) is 7.29. The summed E-state index contributed by atoms with van der Waals surface area (Å²) < 4.78 is 25.8. The van der Waals surface area contributed by atoms with Gasteiger partial charge < -0.3 is 10.0 Å². The van der Waals surface area contributed by atoms with Crippen molar-refractivity contribution in [2.75, 3.05) is 26.7 Å². The van der Waals surface area contributed by atoms with Crippen molar-refractivity contribution in [3.8, 4) is 0 Å². The summed E-state index contributed by atoms with van der Waals surface area (Å²) >= 11 is 5.75.